The quantitative estimate of drug-likeness (QED) is 0.456. The number of rotatable bonds is 6. The summed E-state index contributed by atoms with van der Waals surface area (Å²) < 4.78 is 35.1. The van der Waals surface area contributed by atoms with Gasteiger partial charge >= 0.3 is 0 Å². The van der Waals surface area contributed by atoms with Gasteiger partial charge in [-0.1, -0.05) is 6.07 Å². The molecule has 0 atom stereocenters. The minimum Gasteiger partial charge on any atom is -0.494 e. The molecule has 8 nitrogen and oxygen atoms in total. The smallest absolute Gasteiger partial charge is 0.264 e. The second-order valence-corrected chi connectivity index (χ2v) is 8.92. The first-order chi connectivity index (χ1) is 16.8. The Balaban J connectivity index is 1.28. The molecule has 1 aliphatic rings. The molecule has 4 aromatic rings. The van der Waals surface area contributed by atoms with Crippen LogP contribution >= 0.6 is 0 Å². The average molecular weight is 482 g/mol. The number of nitrogens with zero attached hydrogens (tertiary/aromatic N) is 5. The van der Waals surface area contributed by atoms with Gasteiger partial charge < -0.3 is 9.84 Å². The van der Waals surface area contributed by atoms with E-state index in [9.17, 15) is 18.7 Å². The third-order valence-corrected chi connectivity index (χ3v) is 6.50. The first-order valence-electron chi connectivity index (χ1n) is 11.3. The van der Waals surface area contributed by atoms with Gasteiger partial charge in [0.1, 0.15) is 17.5 Å². The maximum atomic E-state index is 14.0. The van der Waals surface area contributed by atoms with E-state index in [1.54, 1.807) is 18.2 Å². The van der Waals surface area contributed by atoms with Crippen LogP contribution in [0.15, 0.2) is 59.8 Å². The Labute approximate surface area is 200 Å². The molecule has 10 heteroatoms. The zero-order chi connectivity index (χ0) is 24.6. The van der Waals surface area contributed by atoms with E-state index in [-0.39, 0.29) is 23.7 Å². The molecule has 35 heavy (non-hydrogen) atoms. The van der Waals surface area contributed by atoms with Crippen molar-refractivity contribution in [3.8, 4) is 11.4 Å². The van der Waals surface area contributed by atoms with Crippen LogP contribution in [0.25, 0.3) is 16.7 Å². The lowest BCUT2D eigenvalue weighted by atomic mass is 9.91. The maximum Gasteiger partial charge on any atom is 0.264 e. The molecule has 0 unspecified atom stereocenters. The molecule has 0 spiro atoms. The van der Waals surface area contributed by atoms with Gasteiger partial charge in [0.2, 0.25) is 0 Å². The van der Waals surface area contributed by atoms with Crippen LogP contribution in [-0.4, -0.2) is 55.1 Å². The fraction of sp³-hybridized carbons (Fsp3) is 0.320. The number of fused-ring (bicyclic) bond motifs is 1. The Bertz CT molecular complexity index is 1410. The molecule has 182 valence electrons. The molecule has 1 saturated heterocycles. The second-order valence-electron chi connectivity index (χ2n) is 8.92. The van der Waals surface area contributed by atoms with E-state index in [4.69, 9.17) is 4.74 Å². The molecule has 5 rings (SSSR count). The van der Waals surface area contributed by atoms with Gasteiger partial charge in [-0.2, -0.15) is 5.10 Å². The van der Waals surface area contributed by atoms with Crippen molar-refractivity contribution in [2.45, 2.75) is 31.5 Å². The predicted molar refractivity (Wildman–Crippen MR) is 125 cm³/mol. The Kier molecular flexibility index (Phi) is 6.08. The lowest BCUT2D eigenvalue weighted by Gasteiger charge is -2.38. The van der Waals surface area contributed by atoms with Gasteiger partial charge in [0.05, 0.1) is 31.1 Å². The number of aliphatic hydroxyl groups is 1. The first kappa shape index (κ1) is 23.1. The van der Waals surface area contributed by atoms with E-state index in [1.165, 1.54) is 47.1 Å². The molecule has 0 amide bonds. The molecule has 2 aromatic carbocycles. The molecular formula is C25H25F2N5O3. The van der Waals surface area contributed by atoms with E-state index in [2.05, 4.69) is 15.0 Å². The molecule has 3 heterocycles. The van der Waals surface area contributed by atoms with Crippen molar-refractivity contribution in [2.24, 2.45) is 0 Å². The number of ether oxygens (including phenoxy) is 1. The summed E-state index contributed by atoms with van der Waals surface area (Å²) in [6.07, 6.45) is 3.78. The van der Waals surface area contributed by atoms with Gasteiger partial charge in [-0.3, -0.25) is 14.3 Å². The Morgan fingerprint density at radius 3 is 2.54 bits per heavy atom. The van der Waals surface area contributed by atoms with E-state index in [0.717, 1.165) is 5.56 Å². The molecule has 0 aliphatic carbocycles. The number of likely N-dealkylation sites (tertiary alicyclic amines) is 1. The molecule has 1 fully saturated rings. The third-order valence-electron chi connectivity index (χ3n) is 6.50. The van der Waals surface area contributed by atoms with Crippen LogP contribution < -0.4 is 10.3 Å². The summed E-state index contributed by atoms with van der Waals surface area (Å²) in [4.78, 5) is 19.6. The lowest BCUT2D eigenvalue weighted by molar-refractivity contribution is -0.0365. The minimum atomic E-state index is -1.06. The zero-order valence-electron chi connectivity index (χ0n) is 19.2. The molecule has 1 N–H and O–H groups in total. The second kappa shape index (κ2) is 9.20. The average Bonchev–Trinajstić information content (AvgIpc) is 3.28. The van der Waals surface area contributed by atoms with Crippen LogP contribution in [0.1, 0.15) is 18.4 Å². The fourth-order valence-corrected chi connectivity index (χ4v) is 4.50. The van der Waals surface area contributed by atoms with Gasteiger partial charge in [0, 0.05) is 19.6 Å². The van der Waals surface area contributed by atoms with Crippen LogP contribution in [0.3, 0.4) is 0 Å². The van der Waals surface area contributed by atoms with Crippen molar-refractivity contribution in [1.29, 1.82) is 0 Å². The number of benzene rings is 2. The molecule has 0 radical (unpaired) electrons. The molecular weight excluding hydrogens is 456 g/mol. The lowest BCUT2D eigenvalue weighted by Crippen LogP contribution is -2.47. The van der Waals surface area contributed by atoms with E-state index >= 15 is 0 Å². The number of halogens is 2. The topological polar surface area (TPSA) is 85.4 Å². The number of aromatic nitrogens is 4. The summed E-state index contributed by atoms with van der Waals surface area (Å²) in [5.41, 5.74) is 0.430. The normalized spacial score (nSPS) is 16.0. The van der Waals surface area contributed by atoms with Gasteiger partial charge in [-0.15, -0.1) is 0 Å². The minimum absolute atomic E-state index is 0.113. The van der Waals surface area contributed by atoms with Crippen molar-refractivity contribution in [2.75, 3.05) is 20.2 Å². The summed E-state index contributed by atoms with van der Waals surface area (Å²) >= 11 is 0. The highest BCUT2D eigenvalue weighted by molar-refractivity contribution is 5.74. The molecule has 2 aromatic heterocycles. The van der Waals surface area contributed by atoms with Crippen LogP contribution in [-0.2, 0) is 13.1 Å². The van der Waals surface area contributed by atoms with Gasteiger partial charge in [-0.05, 0) is 54.8 Å². The van der Waals surface area contributed by atoms with E-state index < -0.39 is 11.4 Å². The van der Waals surface area contributed by atoms with E-state index in [0.29, 0.717) is 49.2 Å². The third kappa shape index (κ3) is 4.67. The number of hydrogen-bond donors (Lipinski definition) is 1. The van der Waals surface area contributed by atoms with Crippen LogP contribution in [0.5, 0.6) is 5.75 Å². The summed E-state index contributed by atoms with van der Waals surface area (Å²) in [6.45, 7) is 1.89. The predicted octanol–water partition coefficient (Wildman–Crippen LogP) is 2.90. The van der Waals surface area contributed by atoms with Gasteiger partial charge in [0.15, 0.2) is 17.2 Å². The SMILES string of the molecule is COc1ccc(CN2CCC(O)(Cn3cnc4c(cnn4-c4ccc(F)cc4)c3=O)CC2)cc1F. The highest BCUT2D eigenvalue weighted by Crippen LogP contribution is 2.26. The standard InChI is InChI=1S/C25H25F2N5O3/c1-35-22-7-2-17(12-21(22)27)14-30-10-8-25(34,9-11-30)15-31-16-28-23-20(24(31)33)13-29-32(23)19-5-3-18(26)4-6-19/h2-7,12-13,16,34H,8-11,14-15H2,1H3. The van der Waals surface area contributed by atoms with Crippen molar-refractivity contribution >= 4 is 11.0 Å². The first-order valence-corrected chi connectivity index (χ1v) is 11.3. The van der Waals surface area contributed by atoms with Crippen LogP contribution in [0.4, 0.5) is 8.78 Å². The van der Waals surface area contributed by atoms with Gasteiger partial charge in [0.25, 0.3) is 5.56 Å². The highest BCUT2D eigenvalue weighted by Gasteiger charge is 2.33. The van der Waals surface area contributed by atoms with Crippen LogP contribution in [0, 0.1) is 11.6 Å². The van der Waals surface area contributed by atoms with Crippen molar-refractivity contribution < 1.29 is 18.6 Å². The maximum absolute atomic E-state index is 14.0. The molecule has 0 bridgehead atoms. The summed E-state index contributed by atoms with van der Waals surface area (Å²) in [5.74, 6) is -0.555. The van der Waals surface area contributed by atoms with E-state index in [1.807, 2.05) is 6.07 Å². The largest absolute Gasteiger partial charge is 0.494 e. The van der Waals surface area contributed by atoms with Crippen molar-refractivity contribution in [1.82, 2.24) is 24.2 Å². The molecule has 1 aliphatic heterocycles. The summed E-state index contributed by atoms with van der Waals surface area (Å²) in [6, 6.07) is 10.7. The monoisotopic (exact) mass is 481 g/mol. The zero-order valence-corrected chi connectivity index (χ0v) is 19.2. The van der Waals surface area contributed by atoms with Crippen molar-refractivity contribution in [3.05, 3.63) is 82.5 Å². The number of methoxy groups -OCH3 is 1. The number of hydrogen-bond acceptors (Lipinski definition) is 6. The Hall–Kier alpha value is -3.63. The Morgan fingerprint density at radius 1 is 1.11 bits per heavy atom. The van der Waals surface area contributed by atoms with Crippen LogP contribution in [0.2, 0.25) is 0 Å². The fourth-order valence-electron chi connectivity index (χ4n) is 4.50. The summed E-state index contributed by atoms with van der Waals surface area (Å²) in [5, 5.41) is 15.7. The van der Waals surface area contributed by atoms with Gasteiger partial charge in [-0.25, -0.2) is 18.4 Å². The highest BCUT2D eigenvalue weighted by atomic mass is 19.1. The molecule has 0 saturated carbocycles. The Morgan fingerprint density at radius 2 is 1.86 bits per heavy atom. The van der Waals surface area contributed by atoms with Crippen molar-refractivity contribution in [3.63, 3.8) is 0 Å². The number of piperidine rings is 1. The summed E-state index contributed by atoms with van der Waals surface area (Å²) in [7, 11) is 1.43.